The Labute approximate surface area is 123 Å². The topological polar surface area (TPSA) is 98.0 Å². The van der Waals surface area contributed by atoms with Crippen LogP contribution in [-0.2, 0) is 9.84 Å². The number of sulfone groups is 1. The lowest BCUT2D eigenvalue weighted by molar-refractivity contribution is 0.602. The van der Waals surface area contributed by atoms with Crippen LogP contribution in [0.5, 0.6) is 0 Å². The summed E-state index contributed by atoms with van der Waals surface area (Å²) in [6.07, 6.45) is 1.17. The molecule has 2 aromatic rings. The van der Waals surface area contributed by atoms with E-state index in [1.165, 1.54) is 6.26 Å². The summed E-state index contributed by atoms with van der Waals surface area (Å²) in [7, 11) is -3.23. The van der Waals surface area contributed by atoms with E-state index in [0.29, 0.717) is 11.5 Å². The van der Waals surface area contributed by atoms with Crippen LogP contribution in [0.1, 0.15) is 5.69 Å². The van der Waals surface area contributed by atoms with Crippen molar-refractivity contribution in [2.45, 2.75) is 11.8 Å². The number of hydrogen-bond donors (Lipinski definition) is 2. The molecule has 1 aromatic heterocycles. The molecule has 8 heteroatoms. The summed E-state index contributed by atoms with van der Waals surface area (Å²) in [5.74, 6) is 0.692. The molecule has 0 saturated heterocycles. The van der Waals surface area contributed by atoms with Crippen molar-refractivity contribution in [1.29, 1.82) is 0 Å². The third-order valence-electron chi connectivity index (χ3n) is 2.41. The lowest BCUT2D eigenvalue weighted by atomic mass is 10.3. The lowest BCUT2D eigenvalue weighted by Gasteiger charge is -2.08. The smallest absolute Gasteiger partial charge is 0.222 e. The van der Waals surface area contributed by atoms with Crippen LogP contribution < -0.4 is 11.1 Å². The largest absolute Gasteiger partial charge is 0.368 e. The molecule has 20 heavy (non-hydrogen) atoms. The van der Waals surface area contributed by atoms with Gasteiger partial charge < -0.3 is 11.1 Å². The van der Waals surface area contributed by atoms with Crippen LogP contribution in [0, 0.1) is 6.92 Å². The summed E-state index contributed by atoms with van der Waals surface area (Å²) in [4.78, 5) is 8.24. The molecule has 0 unspecified atom stereocenters. The van der Waals surface area contributed by atoms with E-state index < -0.39 is 9.84 Å². The SMILES string of the molecule is Cc1cc(Nc2cccc(S(C)(=O)=O)c2)nc(N)n1.Cl. The molecule has 0 bridgehead atoms. The van der Waals surface area contributed by atoms with E-state index in [9.17, 15) is 8.42 Å². The maximum Gasteiger partial charge on any atom is 0.222 e. The van der Waals surface area contributed by atoms with Crippen molar-refractivity contribution < 1.29 is 8.42 Å². The summed E-state index contributed by atoms with van der Waals surface area (Å²) >= 11 is 0. The third-order valence-corrected chi connectivity index (χ3v) is 3.52. The quantitative estimate of drug-likeness (QED) is 0.898. The molecule has 0 aliphatic carbocycles. The molecule has 0 spiro atoms. The van der Waals surface area contributed by atoms with Crippen LogP contribution in [0.15, 0.2) is 35.2 Å². The summed E-state index contributed by atoms with van der Waals surface area (Å²) < 4.78 is 22.9. The predicted octanol–water partition coefficient (Wildman–Crippen LogP) is 1.94. The fourth-order valence-electron chi connectivity index (χ4n) is 1.61. The third kappa shape index (κ3) is 4.07. The van der Waals surface area contributed by atoms with Crippen LogP contribution in [0.4, 0.5) is 17.5 Å². The Morgan fingerprint density at radius 1 is 1.20 bits per heavy atom. The van der Waals surface area contributed by atoms with Crippen LogP contribution in [0.3, 0.4) is 0 Å². The zero-order valence-electron chi connectivity index (χ0n) is 11.0. The first kappa shape index (κ1) is 16.2. The average Bonchev–Trinajstić information content (AvgIpc) is 2.26. The molecule has 108 valence electrons. The van der Waals surface area contributed by atoms with Crippen molar-refractivity contribution in [2.75, 3.05) is 17.3 Å². The molecule has 0 saturated carbocycles. The number of nitrogens with one attached hydrogen (secondary N) is 1. The van der Waals surface area contributed by atoms with Gasteiger partial charge in [0.15, 0.2) is 9.84 Å². The van der Waals surface area contributed by atoms with Gasteiger partial charge in [0.05, 0.1) is 4.90 Å². The van der Waals surface area contributed by atoms with Gasteiger partial charge in [-0.25, -0.2) is 13.4 Å². The standard InChI is InChI=1S/C12H14N4O2S.ClH/c1-8-6-11(16-12(13)14-8)15-9-4-3-5-10(7-9)19(2,17)18;/h3-7H,1-2H3,(H3,13,14,15,16);1H. The van der Waals surface area contributed by atoms with Gasteiger partial charge in [-0.15, -0.1) is 12.4 Å². The van der Waals surface area contributed by atoms with Crippen molar-refractivity contribution in [2.24, 2.45) is 0 Å². The van der Waals surface area contributed by atoms with Gasteiger partial charge in [-0.2, -0.15) is 4.98 Å². The molecule has 0 radical (unpaired) electrons. The Balaban J connectivity index is 0.00000200. The average molecular weight is 315 g/mol. The number of nitrogen functional groups attached to an aromatic ring is 1. The number of benzene rings is 1. The summed E-state index contributed by atoms with van der Waals surface area (Å²) in [6, 6.07) is 8.23. The van der Waals surface area contributed by atoms with Crippen molar-refractivity contribution >= 4 is 39.7 Å². The van der Waals surface area contributed by atoms with E-state index in [1.807, 2.05) is 0 Å². The van der Waals surface area contributed by atoms with Crippen LogP contribution in [0.2, 0.25) is 0 Å². The molecule has 0 aliphatic rings. The molecular weight excluding hydrogens is 300 g/mol. The van der Waals surface area contributed by atoms with Gasteiger partial charge >= 0.3 is 0 Å². The van der Waals surface area contributed by atoms with E-state index in [-0.39, 0.29) is 23.3 Å². The second-order valence-corrected chi connectivity index (χ2v) is 6.19. The van der Waals surface area contributed by atoms with Crippen LogP contribution in [-0.4, -0.2) is 24.6 Å². The second kappa shape index (κ2) is 6.06. The number of nitrogens with zero attached hydrogens (tertiary/aromatic N) is 2. The minimum Gasteiger partial charge on any atom is -0.368 e. The molecule has 6 nitrogen and oxygen atoms in total. The number of hydrogen-bond acceptors (Lipinski definition) is 6. The first-order valence-electron chi connectivity index (χ1n) is 5.53. The zero-order valence-corrected chi connectivity index (χ0v) is 12.6. The number of anilines is 3. The number of halogens is 1. The Kier molecular flexibility index (Phi) is 4.91. The van der Waals surface area contributed by atoms with Crippen molar-refractivity contribution in [3.05, 3.63) is 36.0 Å². The normalized spacial score (nSPS) is 10.7. The fraction of sp³-hybridized carbons (Fsp3) is 0.167. The summed E-state index contributed by atoms with van der Waals surface area (Å²) in [6.45, 7) is 1.80. The molecule has 0 amide bonds. The van der Waals surface area contributed by atoms with Gasteiger partial charge in [0.1, 0.15) is 5.82 Å². The van der Waals surface area contributed by atoms with Crippen molar-refractivity contribution in [1.82, 2.24) is 9.97 Å². The molecule has 1 heterocycles. The number of aryl methyl sites for hydroxylation is 1. The fourth-order valence-corrected chi connectivity index (χ4v) is 2.27. The van der Waals surface area contributed by atoms with Gasteiger partial charge in [0.2, 0.25) is 5.95 Å². The van der Waals surface area contributed by atoms with Gasteiger partial charge in [0.25, 0.3) is 0 Å². The number of aromatic nitrogens is 2. The van der Waals surface area contributed by atoms with Crippen LogP contribution >= 0.6 is 12.4 Å². The predicted molar refractivity (Wildman–Crippen MR) is 81.3 cm³/mol. The number of rotatable bonds is 3. The monoisotopic (exact) mass is 314 g/mol. The van der Waals surface area contributed by atoms with Crippen LogP contribution in [0.25, 0.3) is 0 Å². The molecule has 0 fully saturated rings. The Hall–Kier alpha value is -1.86. The minimum absolute atomic E-state index is 0. The van der Waals surface area contributed by atoms with Gasteiger partial charge in [-0.3, -0.25) is 0 Å². The highest BCUT2D eigenvalue weighted by Gasteiger charge is 2.08. The molecular formula is C12H15ClN4O2S. The Morgan fingerprint density at radius 3 is 2.50 bits per heavy atom. The summed E-state index contributed by atoms with van der Waals surface area (Å²) in [5, 5.41) is 3.00. The van der Waals surface area contributed by atoms with E-state index in [1.54, 1.807) is 37.3 Å². The van der Waals surface area contributed by atoms with Crippen molar-refractivity contribution in [3.63, 3.8) is 0 Å². The highest BCUT2D eigenvalue weighted by atomic mass is 35.5. The molecule has 0 atom stereocenters. The molecule has 2 rings (SSSR count). The molecule has 1 aromatic carbocycles. The lowest BCUT2D eigenvalue weighted by Crippen LogP contribution is -2.02. The maximum atomic E-state index is 11.5. The first-order valence-corrected chi connectivity index (χ1v) is 7.42. The van der Waals surface area contributed by atoms with E-state index >= 15 is 0 Å². The van der Waals surface area contributed by atoms with E-state index in [2.05, 4.69) is 15.3 Å². The molecule has 0 aliphatic heterocycles. The van der Waals surface area contributed by atoms with Gasteiger partial charge in [-0.05, 0) is 25.1 Å². The van der Waals surface area contributed by atoms with Gasteiger partial charge in [-0.1, -0.05) is 6.07 Å². The van der Waals surface area contributed by atoms with E-state index in [4.69, 9.17) is 5.73 Å². The van der Waals surface area contributed by atoms with E-state index in [0.717, 1.165) is 5.69 Å². The highest BCUT2D eigenvalue weighted by Crippen LogP contribution is 2.19. The minimum atomic E-state index is -3.23. The highest BCUT2D eigenvalue weighted by molar-refractivity contribution is 7.90. The Morgan fingerprint density at radius 2 is 1.90 bits per heavy atom. The van der Waals surface area contributed by atoms with Crippen molar-refractivity contribution in [3.8, 4) is 0 Å². The Bertz CT molecular complexity index is 699. The summed E-state index contributed by atoms with van der Waals surface area (Å²) in [5.41, 5.74) is 6.91. The van der Waals surface area contributed by atoms with Gasteiger partial charge in [0, 0.05) is 23.7 Å². The zero-order chi connectivity index (χ0) is 14.0. The maximum absolute atomic E-state index is 11.5. The molecule has 3 N–H and O–H groups in total. The second-order valence-electron chi connectivity index (χ2n) is 4.18. The first-order chi connectivity index (χ1) is 8.84. The number of nitrogens with two attached hydrogens (primary N) is 1.